The third kappa shape index (κ3) is 17.3. The smallest absolute Gasteiger partial charge is 0.0217 e. The van der Waals surface area contributed by atoms with Crippen LogP contribution in [0.15, 0.2) is 0 Å². The van der Waals surface area contributed by atoms with Crippen LogP contribution in [0.4, 0.5) is 0 Å². The Kier molecular flexibility index (Phi) is 29.2. The second-order valence-electron chi connectivity index (χ2n) is 6.28. The third-order valence-electron chi connectivity index (χ3n) is 4.51. The summed E-state index contributed by atoms with van der Waals surface area (Å²) in [5.74, 6) is 0. The maximum atomic E-state index is 3.47. The highest BCUT2D eigenvalue weighted by Gasteiger charge is 2.17. The van der Waals surface area contributed by atoms with Gasteiger partial charge in [0.05, 0.1) is 0 Å². The lowest BCUT2D eigenvalue weighted by molar-refractivity contribution is 0.220. The highest BCUT2D eigenvalue weighted by atomic mass is 15.2. The predicted octanol–water partition coefficient (Wildman–Crippen LogP) is 4.46. The quantitative estimate of drug-likeness (QED) is 0.747. The van der Waals surface area contributed by atoms with Crippen molar-refractivity contribution in [3.8, 4) is 0 Å². The Labute approximate surface area is 167 Å². The highest BCUT2D eigenvalue weighted by molar-refractivity contribution is 4.74. The molecule has 2 unspecified atom stereocenters. The molecule has 0 spiro atoms. The first kappa shape index (κ1) is 30.6. The molecule has 2 aliphatic rings. The van der Waals surface area contributed by atoms with Gasteiger partial charge in [0.15, 0.2) is 0 Å². The fraction of sp³-hybridized carbons (Fsp3) is 1.00. The van der Waals surface area contributed by atoms with Gasteiger partial charge in [0.25, 0.3) is 0 Å². The third-order valence-corrected chi connectivity index (χ3v) is 4.51. The Balaban J connectivity index is -0.000000319. The van der Waals surface area contributed by atoms with Gasteiger partial charge in [0, 0.05) is 25.2 Å². The van der Waals surface area contributed by atoms with Crippen LogP contribution in [-0.4, -0.2) is 75.2 Å². The summed E-state index contributed by atoms with van der Waals surface area (Å²) < 4.78 is 0. The molecular weight excluding hydrogens is 320 g/mol. The molecule has 2 rings (SSSR count). The first-order chi connectivity index (χ1) is 12.7. The van der Waals surface area contributed by atoms with Crippen LogP contribution in [0.1, 0.15) is 81.1 Å². The monoisotopic (exact) mass is 374 g/mol. The van der Waals surface area contributed by atoms with E-state index in [1.807, 2.05) is 41.5 Å². The van der Waals surface area contributed by atoms with E-state index in [9.17, 15) is 0 Å². The molecule has 162 valence electrons. The number of hydrogen-bond donors (Lipinski definition) is 2. The SMILES string of the molecule is CC.CC.CC.CCC1CN(C)CCCN1C.CCC1CNCCCN1. The fourth-order valence-corrected chi connectivity index (χ4v) is 2.96. The minimum Gasteiger partial charge on any atom is -0.315 e. The maximum Gasteiger partial charge on any atom is 0.0217 e. The number of nitrogens with zero attached hydrogens (tertiary/aromatic N) is 2. The second-order valence-corrected chi connectivity index (χ2v) is 6.28. The molecule has 2 saturated heterocycles. The van der Waals surface area contributed by atoms with Crippen LogP contribution in [0.2, 0.25) is 0 Å². The van der Waals surface area contributed by atoms with Crippen LogP contribution < -0.4 is 10.6 Å². The average molecular weight is 375 g/mol. The normalized spacial score (nSPS) is 23.8. The zero-order valence-electron chi connectivity index (χ0n) is 20.1. The summed E-state index contributed by atoms with van der Waals surface area (Å²) in [7, 11) is 4.47. The first-order valence-electron chi connectivity index (χ1n) is 11.5. The maximum absolute atomic E-state index is 3.47. The van der Waals surface area contributed by atoms with Gasteiger partial charge in [-0.25, -0.2) is 0 Å². The Morgan fingerprint density at radius 1 is 0.808 bits per heavy atom. The molecule has 0 aromatic rings. The molecule has 2 aliphatic heterocycles. The number of nitrogens with one attached hydrogen (secondary N) is 2. The number of likely N-dealkylation sites (N-methyl/N-ethyl adjacent to an activating group) is 2. The van der Waals surface area contributed by atoms with Gasteiger partial charge >= 0.3 is 0 Å². The molecule has 2 fully saturated rings. The molecule has 26 heavy (non-hydrogen) atoms. The van der Waals surface area contributed by atoms with Crippen molar-refractivity contribution in [3.05, 3.63) is 0 Å². The van der Waals surface area contributed by atoms with Crippen LogP contribution in [-0.2, 0) is 0 Å². The minimum absolute atomic E-state index is 0.715. The summed E-state index contributed by atoms with van der Waals surface area (Å²) >= 11 is 0. The van der Waals surface area contributed by atoms with Gasteiger partial charge < -0.3 is 20.4 Å². The van der Waals surface area contributed by atoms with E-state index in [0.717, 1.165) is 12.6 Å². The van der Waals surface area contributed by atoms with Crippen molar-refractivity contribution in [1.29, 1.82) is 0 Å². The summed E-state index contributed by atoms with van der Waals surface area (Å²) in [5, 5.41) is 6.85. The lowest BCUT2D eigenvalue weighted by Crippen LogP contribution is -2.36. The molecule has 4 heteroatoms. The predicted molar refractivity (Wildman–Crippen MR) is 122 cm³/mol. The largest absolute Gasteiger partial charge is 0.315 e. The highest BCUT2D eigenvalue weighted by Crippen LogP contribution is 2.08. The molecular formula is C22H54N4. The van der Waals surface area contributed by atoms with Crippen molar-refractivity contribution in [2.24, 2.45) is 0 Å². The van der Waals surface area contributed by atoms with Crippen molar-refractivity contribution in [2.45, 2.75) is 93.2 Å². The van der Waals surface area contributed by atoms with Gasteiger partial charge in [0.2, 0.25) is 0 Å². The summed E-state index contributed by atoms with van der Waals surface area (Å²) in [5.41, 5.74) is 0. The second kappa shape index (κ2) is 24.8. The van der Waals surface area contributed by atoms with Crippen LogP contribution in [0.3, 0.4) is 0 Å². The molecule has 2 heterocycles. The first-order valence-corrected chi connectivity index (χ1v) is 11.5. The molecule has 4 nitrogen and oxygen atoms in total. The lowest BCUT2D eigenvalue weighted by Gasteiger charge is -2.25. The van der Waals surface area contributed by atoms with Gasteiger partial charge in [-0.1, -0.05) is 55.4 Å². The summed E-state index contributed by atoms with van der Waals surface area (Å²) in [4.78, 5) is 4.93. The van der Waals surface area contributed by atoms with E-state index in [0.29, 0.717) is 6.04 Å². The number of rotatable bonds is 2. The van der Waals surface area contributed by atoms with E-state index < -0.39 is 0 Å². The summed E-state index contributed by atoms with van der Waals surface area (Å²) in [6, 6.07) is 1.50. The van der Waals surface area contributed by atoms with Gasteiger partial charge in [-0.05, 0) is 66.0 Å². The van der Waals surface area contributed by atoms with Gasteiger partial charge in [0.1, 0.15) is 0 Å². The Hall–Kier alpha value is -0.160. The molecule has 0 aromatic carbocycles. The van der Waals surface area contributed by atoms with E-state index in [2.05, 4.69) is 48.4 Å². The molecule has 2 N–H and O–H groups in total. The lowest BCUT2D eigenvalue weighted by atomic mass is 10.2. The van der Waals surface area contributed by atoms with Crippen LogP contribution in [0, 0.1) is 0 Å². The Morgan fingerprint density at radius 3 is 1.96 bits per heavy atom. The molecule has 0 amide bonds. The molecule has 0 bridgehead atoms. The molecule has 0 aromatic heterocycles. The fourth-order valence-electron chi connectivity index (χ4n) is 2.96. The standard InChI is InChI=1S/C9H20N2.C7H16N2.3C2H6/c1-4-9-8-10(2)6-5-7-11(9)3;1-2-7-6-8-4-3-5-9-7;3*1-2/h9H,4-8H2,1-3H3;7-9H,2-6H2,1H3;3*1-2H3. The Morgan fingerprint density at radius 2 is 1.42 bits per heavy atom. The Bertz CT molecular complexity index is 228. The van der Waals surface area contributed by atoms with E-state index in [1.54, 1.807) is 0 Å². The van der Waals surface area contributed by atoms with E-state index >= 15 is 0 Å². The topological polar surface area (TPSA) is 30.5 Å². The van der Waals surface area contributed by atoms with Crippen molar-refractivity contribution in [1.82, 2.24) is 20.4 Å². The van der Waals surface area contributed by atoms with E-state index in [1.165, 1.54) is 58.4 Å². The summed E-state index contributed by atoms with van der Waals surface area (Å²) in [6.07, 6.45) is 5.12. The molecule has 0 aliphatic carbocycles. The van der Waals surface area contributed by atoms with Gasteiger partial charge in [-0.3, -0.25) is 0 Å². The average Bonchev–Trinajstić information content (AvgIpc) is 3.07. The molecule has 0 radical (unpaired) electrons. The zero-order valence-corrected chi connectivity index (χ0v) is 20.1. The molecule has 2 atom stereocenters. The number of hydrogen-bond acceptors (Lipinski definition) is 4. The minimum atomic E-state index is 0.715. The van der Waals surface area contributed by atoms with E-state index in [-0.39, 0.29) is 0 Å². The van der Waals surface area contributed by atoms with Crippen molar-refractivity contribution in [2.75, 3.05) is 53.4 Å². The van der Waals surface area contributed by atoms with Crippen molar-refractivity contribution in [3.63, 3.8) is 0 Å². The van der Waals surface area contributed by atoms with Gasteiger partial charge in [-0.15, -0.1) is 0 Å². The zero-order chi connectivity index (χ0) is 20.8. The van der Waals surface area contributed by atoms with Crippen molar-refractivity contribution < 1.29 is 0 Å². The van der Waals surface area contributed by atoms with E-state index in [4.69, 9.17) is 0 Å². The van der Waals surface area contributed by atoms with Crippen LogP contribution in [0.5, 0.6) is 0 Å². The molecule has 0 saturated carbocycles. The van der Waals surface area contributed by atoms with Crippen LogP contribution in [0.25, 0.3) is 0 Å². The van der Waals surface area contributed by atoms with Crippen LogP contribution >= 0.6 is 0 Å². The van der Waals surface area contributed by atoms with Crippen molar-refractivity contribution >= 4 is 0 Å². The summed E-state index contributed by atoms with van der Waals surface area (Å²) in [6.45, 7) is 23.8. The van der Waals surface area contributed by atoms with Gasteiger partial charge in [-0.2, -0.15) is 0 Å².